The normalized spacial score (nSPS) is 34.6. The van der Waals surface area contributed by atoms with Gasteiger partial charge in [-0.25, -0.2) is 9.18 Å². The molecule has 19 heavy (non-hydrogen) atoms. The van der Waals surface area contributed by atoms with E-state index in [2.05, 4.69) is 4.98 Å². The van der Waals surface area contributed by atoms with Gasteiger partial charge in [0, 0.05) is 6.20 Å². The summed E-state index contributed by atoms with van der Waals surface area (Å²) in [7, 11) is 0. The number of nitrogens with two attached hydrogens (primary N) is 1. The molecule has 106 valence electrons. The highest BCUT2D eigenvalue weighted by Gasteiger charge is 2.56. The molecule has 0 amide bonds. The molecule has 0 bridgehead atoms. The van der Waals surface area contributed by atoms with Crippen molar-refractivity contribution >= 4 is 5.82 Å². The van der Waals surface area contributed by atoms with Crippen LogP contribution in [0.3, 0.4) is 0 Å². The van der Waals surface area contributed by atoms with Gasteiger partial charge in [-0.15, -0.1) is 0 Å². The summed E-state index contributed by atoms with van der Waals surface area (Å²) in [5.74, 6) is -0.0395. The summed E-state index contributed by atoms with van der Waals surface area (Å²) < 4.78 is 19.0. The van der Waals surface area contributed by atoms with E-state index in [1.807, 2.05) is 0 Å². The maximum absolute atomic E-state index is 13.1. The van der Waals surface area contributed by atoms with E-state index in [-0.39, 0.29) is 5.82 Å². The highest BCUT2D eigenvalue weighted by molar-refractivity contribution is 5.24. The Hall–Kier alpha value is -1.55. The molecule has 8 nitrogen and oxygen atoms in total. The Morgan fingerprint density at radius 3 is 2.84 bits per heavy atom. The third-order valence-electron chi connectivity index (χ3n) is 3.09. The third kappa shape index (κ3) is 2.10. The number of rotatable bonds is 3. The van der Waals surface area contributed by atoms with Gasteiger partial charge in [-0.2, -0.15) is 4.98 Å². The highest BCUT2D eigenvalue weighted by Crippen LogP contribution is 2.37. The number of aliphatic hydroxyl groups is 3. The van der Waals surface area contributed by atoms with Gasteiger partial charge in [0.25, 0.3) is 0 Å². The predicted octanol–water partition coefficient (Wildman–Crippen LogP) is -2.22. The largest absolute Gasteiger partial charge is 0.394 e. The van der Waals surface area contributed by atoms with Crippen LogP contribution in [0.15, 0.2) is 17.1 Å². The van der Waals surface area contributed by atoms with Crippen molar-refractivity contribution < 1.29 is 24.4 Å². The van der Waals surface area contributed by atoms with Gasteiger partial charge in [-0.1, -0.05) is 0 Å². The molecular weight excluding hydrogens is 261 g/mol. The Balaban J connectivity index is 2.45. The standard InChI is InChI=1S/C10H14FN3O5/c11-4-10(18)7(16)5(3-15)19-8(10)14-2-1-6(12)13-9(14)17/h1-2,5,7-8,15-16,18H,3-4H2,(H2,12,13,17). The fraction of sp³-hybridized carbons (Fsp3) is 0.600. The maximum Gasteiger partial charge on any atom is 0.351 e. The fourth-order valence-electron chi connectivity index (χ4n) is 2.02. The van der Waals surface area contributed by atoms with E-state index in [1.165, 1.54) is 12.3 Å². The first-order valence-corrected chi connectivity index (χ1v) is 5.51. The molecule has 1 aromatic rings. The molecule has 1 aliphatic heterocycles. The van der Waals surface area contributed by atoms with E-state index >= 15 is 0 Å². The van der Waals surface area contributed by atoms with E-state index in [9.17, 15) is 19.4 Å². The number of nitrogens with zero attached hydrogens (tertiary/aromatic N) is 2. The van der Waals surface area contributed by atoms with Crippen LogP contribution in [0.25, 0.3) is 0 Å². The molecule has 0 spiro atoms. The lowest BCUT2D eigenvalue weighted by Crippen LogP contribution is -2.50. The number of ether oxygens (including phenoxy) is 1. The van der Waals surface area contributed by atoms with E-state index in [4.69, 9.17) is 15.6 Å². The van der Waals surface area contributed by atoms with Crippen molar-refractivity contribution in [2.75, 3.05) is 19.0 Å². The van der Waals surface area contributed by atoms with E-state index in [0.29, 0.717) is 0 Å². The van der Waals surface area contributed by atoms with Crippen LogP contribution in [0.5, 0.6) is 0 Å². The van der Waals surface area contributed by atoms with Crippen molar-refractivity contribution in [2.24, 2.45) is 0 Å². The Bertz CT molecular complexity index is 524. The zero-order valence-electron chi connectivity index (χ0n) is 9.81. The number of alkyl halides is 1. The van der Waals surface area contributed by atoms with Gasteiger partial charge in [0.1, 0.15) is 24.7 Å². The minimum atomic E-state index is -2.34. The van der Waals surface area contributed by atoms with E-state index in [1.54, 1.807) is 0 Å². The fourth-order valence-corrected chi connectivity index (χ4v) is 2.02. The molecule has 0 aliphatic carbocycles. The summed E-state index contributed by atoms with van der Waals surface area (Å²) in [6.45, 7) is -1.98. The molecule has 2 rings (SSSR count). The zero-order valence-corrected chi connectivity index (χ0v) is 9.81. The lowest BCUT2D eigenvalue weighted by Gasteiger charge is -2.28. The maximum atomic E-state index is 13.1. The third-order valence-corrected chi connectivity index (χ3v) is 3.09. The molecule has 5 N–H and O–H groups in total. The van der Waals surface area contributed by atoms with Crippen LogP contribution >= 0.6 is 0 Å². The number of anilines is 1. The first-order valence-electron chi connectivity index (χ1n) is 5.51. The number of halogens is 1. The number of nitrogen functional groups attached to an aromatic ring is 1. The van der Waals surface area contributed by atoms with Gasteiger partial charge in [0.2, 0.25) is 0 Å². The molecular formula is C10H14FN3O5. The summed E-state index contributed by atoms with van der Waals surface area (Å²) in [5, 5.41) is 28.8. The average molecular weight is 275 g/mol. The molecule has 0 radical (unpaired) electrons. The van der Waals surface area contributed by atoms with Crippen LogP contribution in [-0.4, -0.2) is 56.0 Å². The van der Waals surface area contributed by atoms with Crippen LogP contribution in [0, 0.1) is 0 Å². The minimum Gasteiger partial charge on any atom is -0.394 e. The Labute approximate surface area is 106 Å². The summed E-state index contributed by atoms with van der Waals surface area (Å²) in [6.07, 6.45) is -3.19. The number of hydrogen-bond acceptors (Lipinski definition) is 7. The van der Waals surface area contributed by atoms with Crippen molar-refractivity contribution in [1.82, 2.24) is 9.55 Å². The van der Waals surface area contributed by atoms with Gasteiger partial charge >= 0.3 is 5.69 Å². The van der Waals surface area contributed by atoms with Gasteiger partial charge < -0.3 is 25.8 Å². The van der Waals surface area contributed by atoms with Gasteiger partial charge in [0.05, 0.1) is 6.61 Å². The van der Waals surface area contributed by atoms with Crippen LogP contribution in [-0.2, 0) is 4.74 Å². The summed E-state index contributed by atoms with van der Waals surface area (Å²) >= 11 is 0. The highest BCUT2D eigenvalue weighted by atomic mass is 19.1. The van der Waals surface area contributed by atoms with Crippen molar-refractivity contribution in [2.45, 2.75) is 24.0 Å². The first kappa shape index (κ1) is 13.9. The van der Waals surface area contributed by atoms with Crippen molar-refractivity contribution in [1.29, 1.82) is 0 Å². The lowest BCUT2D eigenvalue weighted by atomic mass is 9.95. The van der Waals surface area contributed by atoms with Gasteiger partial charge in [-0.3, -0.25) is 4.57 Å². The Morgan fingerprint density at radius 2 is 2.32 bits per heavy atom. The molecule has 1 aliphatic rings. The number of hydrogen-bond donors (Lipinski definition) is 4. The minimum absolute atomic E-state index is 0.0395. The topological polar surface area (TPSA) is 131 Å². The quantitative estimate of drug-likeness (QED) is 0.491. The molecule has 1 aromatic heterocycles. The van der Waals surface area contributed by atoms with E-state index < -0.39 is 43.0 Å². The SMILES string of the molecule is Nc1ccn(C2OC(CO)C(O)C2(O)CF)c(=O)n1. The first-order chi connectivity index (χ1) is 8.93. The molecule has 0 saturated carbocycles. The predicted molar refractivity (Wildman–Crippen MR) is 60.8 cm³/mol. The van der Waals surface area contributed by atoms with Crippen LogP contribution in [0.1, 0.15) is 6.23 Å². The second-order valence-electron chi connectivity index (χ2n) is 4.32. The molecule has 9 heteroatoms. The number of aliphatic hydroxyl groups excluding tert-OH is 2. The average Bonchev–Trinajstić information content (AvgIpc) is 2.63. The van der Waals surface area contributed by atoms with Crippen molar-refractivity contribution in [3.05, 3.63) is 22.7 Å². The van der Waals surface area contributed by atoms with Crippen molar-refractivity contribution in [3.8, 4) is 0 Å². The lowest BCUT2D eigenvalue weighted by molar-refractivity contribution is -0.121. The second-order valence-corrected chi connectivity index (χ2v) is 4.32. The van der Waals surface area contributed by atoms with Crippen LogP contribution in [0.2, 0.25) is 0 Å². The Kier molecular flexibility index (Phi) is 3.54. The van der Waals surface area contributed by atoms with Crippen LogP contribution in [0.4, 0.5) is 10.2 Å². The van der Waals surface area contributed by atoms with E-state index in [0.717, 1.165) is 4.57 Å². The monoisotopic (exact) mass is 275 g/mol. The molecule has 4 atom stereocenters. The summed E-state index contributed by atoms with van der Waals surface area (Å²) in [5.41, 5.74) is 2.12. The van der Waals surface area contributed by atoms with Crippen LogP contribution < -0.4 is 11.4 Å². The second kappa shape index (κ2) is 4.85. The smallest absolute Gasteiger partial charge is 0.351 e. The zero-order chi connectivity index (χ0) is 14.2. The summed E-state index contributed by atoms with van der Waals surface area (Å²) in [6, 6.07) is 1.27. The molecule has 4 unspecified atom stereocenters. The molecule has 2 heterocycles. The van der Waals surface area contributed by atoms with Gasteiger partial charge in [-0.05, 0) is 6.07 Å². The van der Waals surface area contributed by atoms with Gasteiger partial charge in [0.15, 0.2) is 11.8 Å². The molecule has 1 saturated heterocycles. The van der Waals surface area contributed by atoms with Crippen molar-refractivity contribution in [3.63, 3.8) is 0 Å². The number of aromatic nitrogens is 2. The Morgan fingerprint density at radius 1 is 1.63 bits per heavy atom. The molecule has 1 fully saturated rings. The summed E-state index contributed by atoms with van der Waals surface area (Å²) in [4.78, 5) is 15.1. The molecule has 0 aromatic carbocycles.